The molecule has 2 amide bonds. The minimum absolute atomic E-state index is 0.0965. The summed E-state index contributed by atoms with van der Waals surface area (Å²) in [7, 11) is 1.62. The number of hydrogen-bond acceptors (Lipinski definition) is 5. The van der Waals surface area contributed by atoms with Crippen LogP contribution in [0.5, 0.6) is 0 Å². The number of benzene rings is 1. The normalized spacial score (nSPS) is 14.5. The summed E-state index contributed by atoms with van der Waals surface area (Å²) in [5.41, 5.74) is 1.70. The number of methoxy groups -OCH3 is 1. The van der Waals surface area contributed by atoms with E-state index in [2.05, 4.69) is 10.6 Å². The third-order valence-corrected chi connectivity index (χ3v) is 4.67. The number of ether oxygens (including phenoxy) is 1. The van der Waals surface area contributed by atoms with Gasteiger partial charge in [0.2, 0.25) is 11.8 Å². The van der Waals surface area contributed by atoms with Crippen LogP contribution in [-0.4, -0.2) is 68.1 Å². The molecule has 0 aromatic heterocycles. The molecule has 1 aromatic rings. The molecule has 0 aliphatic carbocycles. The summed E-state index contributed by atoms with van der Waals surface area (Å²) >= 11 is 1.89. The Labute approximate surface area is 147 Å². The molecule has 1 heterocycles. The summed E-state index contributed by atoms with van der Waals surface area (Å²) < 4.78 is 4.90. The number of hydrogen-bond donors (Lipinski definition) is 2. The molecule has 1 aromatic carbocycles. The maximum absolute atomic E-state index is 12.2. The SMILES string of the molecule is COCCNCC(=O)Nc1ccc(CC(=O)N2CCSCC2)cc1. The fourth-order valence-electron chi connectivity index (χ4n) is 2.39. The van der Waals surface area contributed by atoms with Crippen molar-refractivity contribution >= 4 is 29.3 Å². The summed E-state index contributed by atoms with van der Waals surface area (Å²) in [5.74, 6) is 2.12. The Morgan fingerprint density at radius 1 is 1.21 bits per heavy atom. The van der Waals surface area contributed by atoms with Gasteiger partial charge in [0.1, 0.15) is 0 Å². The second kappa shape index (κ2) is 10.3. The molecule has 24 heavy (non-hydrogen) atoms. The van der Waals surface area contributed by atoms with Crippen molar-refractivity contribution in [1.29, 1.82) is 0 Å². The third-order valence-electron chi connectivity index (χ3n) is 3.73. The summed E-state index contributed by atoms with van der Waals surface area (Å²) in [6, 6.07) is 7.46. The Morgan fingerprint density at radius 3 is 2.58 bits per heavy atom. The zero-order valence-corrected chi connectivity index (χ0v) is 14.9. The molecule has 6 nitrogen and oxygen atoms in total. The molecule has 0 saturated carbocycles. The number of carbonyl (C=O) groups excluding carboxylic acids is 2. The predicted octanol–water partition coefficient (Wildman–Crippen LogP) is 0.979. The molecule has 0 unspecified atom stereocenters. The first kappa shape index (κ1) is 18.8. The van der Waals surface area contributed by atoms with Crippen LogP contribution in [0.2, 0.25) is 0 Å². The molecular weight excluding hydrogens is 326 g/mol. The zero-order chi connectivity index (χ0) is 17.2. The van der Waals surface area contributed by atoms with E-state index in [0.717, 1.165) is 35.8 Å². The minimum atomic E-state index is -0.0965. The van der Waals surface area contributed by atoms with Crippen LogP contribution in [0.15, 0.2) is 24.3 Å². The van der Waals surface area contributed by atoms with Gasteiger partial charge in [0.25, 0.3) is 0 Å². The quantitative estimate of drug-likeness (QED) is 0.683. The molecule has 1 saturated heterocycles. The van der Waals surface area contributed by atoms with Crippen LogP contribution in [0.25, 0.3) is 0 Å². The highest BCUT2D eigenvalue weighted by atomic mass is 32.2. The van der Waals surface area contributed by atoms with Gasteiger partial charge >= 0.3 is 0 Å². The predicted molar refractivity (Wildman–Crippen MR) is 97.4 cm³/mol. The number of rotatable bonds is 8. The highest BCUT2D eigenvalue weighted by molar-refractivity contribution is 7.99. The van der Waals surface area contributed by atoms with E-state index in [1.807, 2.05) is 40.9 Å². The van der Waals surface area contributed by atoms with E-state index in [0.29, 0.717) is 19.6 Å². The van der Waals surface area contributed by atoms with E-state index in [1.165, 1.54) is 0 Å². The third kappa shape index (κ3) is 6.51. The molecule has 1 fully saturated rings. The summed E-state index contributed by atoms with van der Waals surface area (Å²) in [4.78, 5) is 25.9. The van der Waals surface area contributed by atoms with Gasteiger partial charge in [-0.25, -0.2) is 0 Å². The van der Waals surface area contributed by atoms with Crippen molar-refractivity contribution in [2.24, 2.45) is 0 Å². The number of nitrogens with one attached hydrogen (secondary N) is 2. The van der Waals surface area contributed by atoms with Gasteiger partial charge in [-0.1, -0.05) is 12.1 Å². The maximum Gasteiger partial charge on any atom is 0.238 e. The van der Waals surface area contributed by atoms with Gasteiger partial charge in [-0.3, -0.25) is 9.59 Å². The lowest BCUT2D eigenvalue weighted by molar-refractivity contribution is -0.130. The Hall–Kier alpha value is -1.57. The van der Waals surface area contributed by atoms with Gasteiger partial charge < -0.3 is 20.3 Å². The highest BCUT2D eigenvalue weighted by Crippen LogP contribution is 2.13. The monoisotopic (exact) mass is 351 g/mol. The van der Waals surface area contributed by atoms with Crippen LogP contribution in [0.3, 0.4) is 0 Å². The summed E-state index contributed by atoms with van der Waals surface area (Å²) in [5, 5.41) is 5.81. The van der Waals surface area contributed by atoms with E-state index < -0.39 is 0 Å². The lowest BCUT2D eigenvalue weighted by atomic mass is 10.1. The number of carbonyl (C=O) groups is 2. The standard InChI is InChI=1S/C17H25N3O3S/c1-23-9-6-18-13-16(21)19-15-4-2-14(3-5-15)12-17(22)20-7-10-24-11-8-20/h2-5,18H,6-13H2,1H3,(H,19,21). The fraction of sp³-hybridized carbons (Fsp3) is 0.529. The van der Waals surface area contributed by atoms with Gasteiger partial charge in [0.15, 0.2) is 0 Å². The van der Waals surface area contributed by atoms with Gasteiger partial charge in [-0.2, -0.15) is 11.8 Å². The Balaban J connectivity index is 1.75. The smallest absolute Gasteiger partial charge is 0.238 e. The van der Waals surface area contributed by atoms with Gasteiger partial charge in [0, 0.05) is 43.9 Å². The molecule has 0 atom stereocenters. The second-order valence-corrected chi connectivity index (χ2v) is 6.81. The first-order valence-electron chi connectivity index (χ1n) is 8.13. The minimum Gasteiger partial charge on any atom is -0.383 e. The second-order valence-electron chi connectivity index (χ2n) is 5.58. The molecule has 2 N–H and O–H groups in total. The molecule has 0 radical (unpaired) electrons. The van der Waals surface area contributed by atoms with E-state index >= 15 is 0 Å². The lowest BCUT2D eigenvalue weighted by Gasteiger charge is -2.26. The zero-order valence-electron chi connectivity index (χ0n) is 14.0. The first-order chi connectivity index (χ1) is 11.7. The highest BCUT2D eigenvalue weighted by Gasteiger charge is 2.16. The van der Waals surface area contributed by atoms with Crippen molar-refractivity contribution < 1.29 is 14.3 Å². The van der Waals surface area contributed by atoms with E-state index in [-0.39, 0.29) is 18.4 Å². The van der Waals surface area contributed by atoms with Crippen molar-refractivity contribution in [3.05, 3.63) is 29.8 Å². The van der Waals surface area contributed by atoms with Crippen LogP contribution < -0.4 is 10.6 Å². The van der Waals surface area contributed by atoms with Crippen molar-refractivity contribution in [2.75, 3.05) is 56.7 Å². The number of thioether (sulfide) groups is 1. The average molecular weight is 351 g/mol. The molecular formula is C17H25N3O3S. The van der Waals surface area contributed by atoms with Gasteiger partial charge in [0.05, 0.1) is 19.6 Å². The molecule has 1 aliphatic rings. The fourth-order valence-corrected chi connectivity index (χ4v) is 3.29. The van der Waals surface area contributed by atoms with Crippen LogP contribution in [0.1, 0.15) is 5.56 Å². The number of amides is 2. The Morgan fingerprint density at radius 2 is 1.92 bits per heavy atom. The van der Waals surface area contributed by atoms with Crippen molar-refractivity contribution in [3.8, 4) is 0 Å². The van der Waals surface area contributed by atoms with E-state index in [9.17, 15) is 9.59 Å². The lowest BCUT2D eigenvalue weighted by Crippen LogP contribution is -2.38. The van der Waals surface area contributed by atoms with Crippen LogP contribution in [0, 0.1) is 0 Å². The number of nitrogens with zero attached hydrogens (tertiary/aromatic N) is 1. The first-order valence-corrected chi connectivity index (χ1v) is 9.28. The van der Waals surface area contributed by atoms with Crippen molar-refractivity contribution in [3.63, 3.8) is 0 Å². The largest absolute Gasteiger partial charge is 0.383 e. The van der Waals surface area contributed by atoms with Crippen LogP contribution in [-0.2, 0) is 20.7 Å². The molecule has 2 rings (SSSR count). The van der Waals surface area contributed by atoms with Gasteiger partial charge in [-0.05, 0) is 17.7 Å². The molecule has 132 valence electrons. The molecule has 0 spiro atoms. The van der Waals surface area contributed by atoms with Crippen LogP contribution in [0.4, 0.5) is 5.69 Å². The van der Waals surface area contributed by atoms with Crippen molar-refractivity contribution in [1.82, 2.24) is 10.2 Å². The molecule has 7 heteroatoms. The number of anilines is 1. The van der Waals surface area contributed by atoms with Crippen molar-refractivity contribution in [2.45, 2.75) is 6.42 Å². The van der Waals surface area contributed by atoms with E-state index in [4.69, 9.17) is 4.74 Å². The maximum atomic E-state index is 12.2. The molecule has 1 aliphatic heterocycles. The Kier molecular flexibility index (Phi) is 8.07. The topological polar surface area (TPSA) is 70.7 Å². The summed E-state index contributed by atoms with van der Waals surface area (Å²) in [6.07, 6.45) is 0.414. The average Bonchev–Trinajstić information content (AvgIpc) is 2.61. The van der Waals surface area contributed by atoms with Gasteiger partial charge in [-0.15, -0.1) is 0 Å². The molecule has 0 bridgehead atoms. The summed E-state index contributed by atoms with van der Waals surface area (Å²) in [6.45, 7) is 3.14. The van der Waals surface area contributed by atoms with E-state index in [1.54, 1.807) is 7.11 Å². The van der Waals surface area contributed by atoms with Crippen LogP contribution >= 0.6 is 11.8 Å². The Bertz CT molecular complexity index is 530.